The summed E-state index contributed by atoms with van der Waals surface area (Å²) < 4.78 is 5.74. The molecule has 0 fully saturated rings. The van der Waals surface area contributed by atoms with Crippen molar-refractivity contribution in [2.45, 2.75) is 0 Å². The topological polar surface area (TPSA) is 46.5 Å². The molecule has 0 saturated heterocycles. The third-order valence-electron chi connectivity index (χ3n) is 6.87. The number of fused-ring (bicyclic) bond motifs is 2. The van der Waals surface area contributed by atoms with Crippen molar-refractivity contribution < 1.29 is 14.6 Å². The Hall–Kier alpha value is -4.89. The second-order valence-electron chi connectivity index (χ2n) is 8.97. The average molecular weight is 481 g/mol. The SMILES string of the molecule is COc1ccccc1-c1c2ccccc2c(-c2ccc(O)c(C(=O)c3ccccc3)c2)c2ccccc12. The van der Waals surface area contributed by atoms with Gasteiger partial charge in [0.15, 0.2) is 5.78 Å². The molecule has 6 rings (SSSR count). The zero-order chi connectivity index (χ0) is 25.4. The largest absolute Gasteiger partial charge is 0.507 e. The molecule has 1 N–H and O–H groups in total. The fourth-order valence-electron chi connectivity index (χ4n) is 5.20. The molecule has 0 bridgehead atoms. The van der Waals surface area contributed by atoms with Gasteiger partial charge in [-0.2, -0.15) is 0 Å². The first-order valence-corrected chi connectivity index (χ1v) is 12.2. The van der Waals surface area contributed by atoms with Gasteiger partial charge in [0.1, 0.15) is 11.5 Å². The molecule has 6 aromatic carbocycles. The van der Waals surface area contributed by atoms with E-state index in [0.29, 0.717) is 5.56 Å². The molecule has 37 heavy (non-hydrogen) atoms. The van der Waals surface area contributed by atoms with Gasteiger partial charge in [-0.05, 0) is 50.9 Å². The average Bonchev–Trinajstić information content (AvgIpc) is 2.96. The Morgan fingerprint density at radius 3 is 1.78 bits per heavy atom. The standard InChI is InChI=1S/C34H24O3/c1-37-31-18-10-9-17-28(31)33-26-15-7-5-13-24(26)32(25-14-6-8-16-27(25)33)23-19-20-30(35)29(21-23)34(36)22-11-3-2-4-12-22/h2-21,35H,1H3. The fourth-order valence-corrected chi connectivity index (χ4v) is 5.20. The zero-order valence-electron chi connectivity index (χ0n) is 20.3. The molecule has 0 aliphatic carbocycles. The third-order valence-corrected chi connectivity index (χ3v) is 6.87. The summed E-state index contributed by atoms with van der Waals surface area (Å²) in [5.74, 6) is 0.571. The molecular formula is C34H24O3. The van der Waals surface area contributed by atoms with Crippen molar-refractivity contribution >= 4 is 27.3 Å². The van der Waals surface area contributed by atoms with Crippen molar-refractivity contribution in [3.63, 3.8) is 0 Å². The van der Waals surface area contributed by atoms with E-state index in [4.69, 9.17) is 4.74 Å². The highest BCUT2D eigenvalue weighted by atomic mass is 16.5. The summed E-state index contributed by atoms with van der Waals surface area (Å²) in [6.45, 7) is 0. The Balaban J connectivity index is 1.67. The van der Waals surface area contributed by atoms with Crippen LogP contribution in [0.1, 0.15) is 15.9 Å². The van der Waals surface area contributed by atoms with Crippen LogP contribution in [0.3, 0.4) is 0 Å². The zero-order valence-corrected chi connectivity index (χ0v) is 20.3. The van der Waals surface area contributed by atoms with Crippen LogP contribution >= 0.6 is 0 Å². The van der Waals surface area contributed by atoms with Crippen LogP contribution in [-0.4, -0.2) is 18.0 Å². The van der Waals surface area contributed by atoms with Gasteiger partial charge < -0.3 is 9.84 Å². The number of carbonyl (C=O) groups excluding carboxylic acids is 1. The predicted molar refractivity (Wildman–Crippen MR) is 150 cm³/mol. The van der Waals surface area contributed by atoms with Gasteiger partial charge in [0, 0.05) is 16.7 Å². The van der Waals surface area contributed by atoms with Gasteiger partial charge in [-0.1, -0.05) is 103 Å². The number of phenolic OH excluding ortho intramolecular Hbond substituents is 1. The molecule has 3 heteroatoms. The van der Waals surface area contributed by atoms with Crippen molar-refractivity contribution in [2.24, 2.45) is 0 Å². The molecular weight excluding hydrogens is 456 g/mol. The van der Waals surface area contributed by atoms with Crippen LogP contribution in [0, 0.1) is 0 Å². The van der Waals surface area contributed by atoms with E-state index in [1.54, 1.807) is 25.3 Å². The van der Waals surface area contributed by atoms with Crippen LogP contribution in [0.2, 0.25) is 0 Å². The van der Waals surface area contributed by atoms with Gasteiger partial charge in [0.05, 0.1) is 12.7 Å². The quantitative estimate of drug-likeness (QED) is 0.199. The van der Waals surface area contributed by atoms with Crippen molar-refractivity contribution in [3.05, 3.63) is 132 Å². The first-order valence-electron chi connectivity index (χ1n) is 12.2. The molecule has 0 unspecified atom stereocenters. The monoisotopic (exact) mass is 480 g/mol. The number of rotatable bonds is 5. The summed E-state index contributed by atoms with van der Waals surface area (Å²) in [4.78, 5) is 13.3. The first-order chi connectivity index (χ1) is 18.2. The lowest BCUT2D eigenvalue weighted by Crippen LogP contribution is -2.02. The summed E-state index contributed by atoms with van der Waals surface area (Å²) >= 11 is 0. The number of hydrogen-bond acceptors (Lipinski definition) is 3. The summed E-state index contributed by atoms with van der Waals surface area (Å²) in [5.41, 5.74) is 4.84. The fraction of sp³-hybridized carbons (Fsp3) is 0.0294. The molecule has 0 amide bonds. The van der Waals surface area contributed by atoms with E-state index < -0.39 is 0 Å². The lowest BCUT2D eigenvalue weighted by molar-refractivity contribution is 0.103. The Morgan fingerprint density at radius 2 is 1.16 bits per heavy atom. The maximum absolute atomic E-state index is 13.3. The number of aromatic hydroxyl groups is 1. The molecule has 0 saturated carbocycles. The number of benzene rings is 6. The van der Waals surface area contributed by atoms with Crippen LogP contribution in [0.5, 0.6) is 11.5 Å². The molecule has 0 aliphatic rings. The molecule has 0 radical (unpaired) electrons. The number of hydrogen-bond donors (Lipinski definition) is 1. The predicted octanol–water partition coefficient (Wildman–Crippen LogP) is 8.27. The lowest BCUT2D eigenvalue weighted by Gasteiger charge is -2.19. The molecule has 0 aliphatic heterocycles. The number of methoxy groups -OCH3 is 1. The molecule has 0 atom stereocenters. The summed E-state index contributed by atoms with van der Waals surface area (Å²) in [5, 5.41) is 15.0. The van der Waals surface area contributed by atoms with E-state index in [1.165, 1.54) is 0 Å². The van der Waals surface area contributed by atoms with Crippen LogP contribution < -0.4 is 4.74 Å². The highest BCUT2D eigenvalue weighted by molar-refractivity contribution is 6.22. The van der Waals surface area contributed by atoms with Gasteiger partial charge >= 0.3 is 0 Å². The summed E-state index contributed by atoms with van der Waals surface area (Å²) in [6, 6.07) is 39.1. The normalized spacial score (nSPS) is 11.1. The van der Waals surface area contributed by atoms with Gasteiger partial charge in [0.25, 0.3) is 0 Å². The lowest BCUT2D eigenvalue weighted by atomic mass is 9.85. The van der Waals surface area contributed by atoms with Crippen molar-refractivity contribution in [3.8, 4) is 33.8 Å². The van der Waals surface area contributed by atoms with Crippen molar-refractivity contribution in [1.82, 2.24) is 0 Å². The van der Waals surface area contributed by atoms with Crippen molar-refractivity contribution in [2.75, 3.05) is 7.11 Å². The van der Waals surface area contributed by atoms with E-state index in [1.807, 2.05) is 72.8 Å². The Labute approximate surface area is 215 Å². The highest BCUT2D eigenvalue weighted by Crippen LogP contribution is 2.46. The smallest absolute Gasteiger partial charge is 0.196 e. The van der Waals surface area contributed by atoms with E-state index in [-0.39, 0.29) is 17.1 Å². The third kappa shape index (κ3) is 3.82. The van der Waals surface area contributed by atoms with Crippen LogP contribution in [-0.2, 0) is 0 Å². The second kappa shape index (κ2) is 9.29. The van der Waals surface area contributed by atoms with Gasteiger partial charge in [-0.15, -0.1) is 0 Å². The molecule has 0 aromatic heterocycles. The second-order valence-corrected chi connectivity index (χ2v) is 8.97. The van der Waals surface area contributed by atoms with Crippen LogP contribution in [0.4, 0.5) is 0 Å². The molecule has 178 valence electrons. The maximum atomic E-state index is 13.3. The van der Waals surface area contributed by atoms with E-state index >= 15 is 0 Å². The minimum absolute atomic E-state index is 0.0307. The number of carbonyl (C=O) groups is 1. The number of ether oxygens (including phenoxy) is 1. The summed E-state index contributed by atoms with van der Waals surface area (Å²) in [6.07, 6.45) is 0. The van der Waals surface area contributed by atoms with Crippen LogP contribution in [0.25, 0.3) is 43.8 Å². The van der Waals surface area contributed by atoms with Gasteiger partial charge in [-0.25, -0.2) is 0 Å². The van der Waals surface area contributed by atoms with E-state index in [0.717, 1.165) is 49.5 Å². The Bertz CT molecular complexity index is 1730. The van der Waals surface area contributed by atoms with E-state index in [9.17, 15) is 9.90 Å². The van der Waals surface area contributed by atoms with Crippen molar-refractivity contribution in [1.29, 1.82) is 0 Å². The number of phenols is 1. The molecule has 6 aromatic rings. The summed E-state index contributed by atoms with van der Waals surface area (Å²) in [7, 11) is 1.69. The maximum Gasteiger partial charge on any atom is 0.196 e. The van der Waals surface area contributed by atoms with Crippen LogP contribution in [0.15, 0.2) is 121 Å². The van der Waals surface area contributed by atoms with E-state index in [2.05, 4.69) is 30.3 Å². The number of para-hydroxylation sites is 1. The highest BCUT2D eigenvalue weighted by Gasteiger charge is 2.20. The van der Waals surface area contributed by atoms with Gasteiger partial charge in [0.2, 0.25) is 0 Å². The Kier molecular flexibility index (Phi) is 5.66. The minimum Gasteiger partial charge on any atom is -0.507 e. The molecule has 3 nitrogen and oxygen atoms in total. The first kappa shape index (κ1) is 22.6. The van der Waals surface area contributed by atoms with Gasteiger partial charge in [-0.3, -0.25) is 4.79 Å². The minimum atomic E-state index is -0.209. The molecule has 0 heterocycles. The number of ketones is 1. The Morgan fingerprint density at radius 1 is 0.622 bits per heavy atom. The molecule has 0 spiro atoms.